The molecule has 0 spiro atoms. The topological polar surface area (TPSA) is 68.2 Å². The van der Waals surface area contributed by atoms with Crippen LogP contribution in [0.1, 0.15) is 30.9 Å². The molecule has 23 heavy (non-hydrogen) atoms. The zero-order valence-electron chi connectivity index (χ0n) is 14.6. The van der Waals surface area contributed by atoms with Gasteiger partial charge in [0.1, 0.15) is 11.6 Å². The molecule has 1 amide bonds. The van der Waals surface area contributed by atoms with Crippen LogP contribution in [0.15, 0.2) is 30.0 Å². The molecule has 0 radical (unpaired) electrons. The first-order chi connectivity index (χ1) is 10.9. The van der Waals surface area contributed by atoms with Gasteiger partial charge in [-0.15, -0.1) is 0 Å². The fourth-order valence-electron chi connectivity index (χ4n) is 2.13. The molecule has 0 aliphatic rings. The maximum Gasteiger partial charge on any atom is 0.267 e. The summed E-state index contributed by atoms with van der Waals surface area (Å²) < 4.78 is 0. The van der Waals surface area contributed by atoms with Gasteiger partial charge >= 0.3 is 0 Å². The third-order valence-corrected chi connectivity index (χ3v) is 3.48. The highest BCUT2D eigenvalue weighted by Gasteiger charge is 2.14. The van der Waals surface area contributed by atoms with E-state index in [1.54, 1.807) is 0 Å². The third-order valence-electron chi connectivity index (χ3n) is 3.48. The largest absolute Gasteiger partial charge is 0.388 e. The Kier molecular flexibility index (Phi) is 7.30. The number of aryl methyl sites for hydroxylation is 1. The normalized spacial score (nSPS) is 11.5. The summed E-state index contributed by atoms with van der Waals surface area (Å²) in [6, 6.07) is 7.88. The minimum absolute atomic E-state index is 0.0710. The van der Waals surface area contributed by atoms with Crippen LogP contribution >= 0.6 is 0 Å². The highest BCUT2D eigenvalue weighted by Crippen LogP contribution is 2.27. The van der Waals surface area contributed by atoms with Crippen LogP contribution in [0.5, 0.6) is 0 Å². The fourth-order valence-corrected chi connectivity index (χ4v) is 2.13. The van der Waals surface area contributed by atoms with Crippen LogP contribution in [0.4, 0.5) is 5.69 Å². The minimum Gasteiger partial charge on any atom is -0.388 e. The summed E-state index contributed by atoms with van der Waals surface area (Å²) in [5.74, 6) is -0.0982. The van der Waals surface area contributed by atoms with Gasteiger partial charge in [-0.05, 0) is 38.1 Å². The van der Waals surface area contributed by atoms with E-state index < -0.39 is 0 Å². The Morgan fingerprint density at radius 3 is 2.65 bits per heavy atom. The molecule has 2 N–H and O–H groups in total. The number of hydrogen-bond acceptors (Lipinski definition) is 4. The Labute approximate surface area is 139 Å². The van der Waals surface area contributed by atoms with Gasteiger partial charge in [-0.1, -0.05) is 32.0 Å². The Morgan fingerprint density at radius 2 is 2.09 bits per heavy atom. The number of likely N-dealkylation sites (N-methyl/N-ethyl adjacent to an activating group) is 1. The quantitative estimate of drug-likeness (QED) is 0.461. The van der Waals surface area contributed by atoms with E-state index >= 15 is 0 Å². The average Bonchev–Trinajstić information content (AvgIpc) is 2.48. The SMILES string of the molecule is Cc1cccc(C(C)C)c1NC(=O)/C(C#N)=C\NCCN(C)C. The van der Waals surface area contributed by atoms with Gasteiger partial charge in [0.05, 0.1) is 0 Å². The van der Waals surface area contributed by atoms with Crippen LogP contribution in [0, 0.1) is 18.3 Å². The van der Waals surface area contributed by atoms with Gasteiger partial charge in [-0.3, -0.25) is 4.79 Å². The number of para-hydroxylation sites is 1. The Morgan fingerprint density at radius 1 is 1.39 bits per heavy atom. The van der Waals surface area contributed by atoms with E-state index in [9.17, 15) is 10.1 Å². The molecule has 0 saturated carbocycles. The van der Waals surface area contributed by atoms with Crippen LogP contribution < -0.4 is 10.6 Å². The summed E-state index contributed by atoms with van der Waals surface area (Å²) in [6.45, 7) is 7.61. The van der Waals surface area contributed by atoms with Gasteiger partial charge in [0.2, 0.25) is 0 Å². The van der Waals surface area contributed by atoms with Crippen molar-refractivity contribution in [2.45, 2.75) is 26.7 Å². The van der Waals surface area contributed by atoms with E-state index in [1.807, 2.05) is 50.2 Å². The number of nitrogens with one attached hydrogen (secondary N) is 2. The van der Waals surface area contributed by atoms with Crippen molar-refractivity contribution in [3.8, 4) is 6.07 Å². The number of benzene rings is 1. The second-order valence-corrected chi connectivity index (χ2v) is 6.08. The second kappa shape index (κ2) is 8.96. The molecule has 0 aliphatic heterocycles. The molecule has 0 aliphatic carbocycles. The zero-order chi connectivity index (χ0) is 17.4. The molecule has 5 heteroatoms. The van der Waals surface area contributed by atoms with E-state index in [-0.39, 0.29) is 17.4 Å². The standard InChI is InChI=1S/C18H26N4O/c1-13(2)16-8-6-7-14(3)17(16)21-18(23)15(11-19)12-20-9-10-22(4)5/h6-8,12-13,20H,9-10H2,1-5H3,(H,21,23)/b15-12-. The molecule has 1 aromatic carbocycles. The second-order valence-electron chi connectivity index (χ2n) is 6.08. The van der Waals surface area contributed by atoms with Gasteiger partial charge in [-0.25, -0.2) is 0 Å². The molecular formula is C18H26N4O. The Balaban J connectivity index is 2.86. The number of nitrogens with zero attached hydrogens (tertiary/aromatic N) is 2. The van der Waals surface area contributed by atoms with Gasteiger partial charge in [0, 0.05) is 25.0 Å². The first kappa shape index (κ1) is 18.7. The molecule has 0 saturated heterocycles. The number of nitriles is 1. The van der Waals surface area contributed by atoms with E-state index in [2.05, 4.69) is 24.5 Å². The van der Waals surface area contributed by atoms with E-state index in [1.165, 1.54) is 6.20 Å². The molecule has 124 valence electrons. The third kappa shape index (κ3) is 5.76. The predicted molar refractivity (Wildman–Crippen MR) is 94.2 cm³/mol. The number of amides is 1. The number of anilines is 1. The van der Waals surface area contributed by atoms with E-state index in [0.29, 0.717) is 6.54 Å². The van der Waals surface area contributed by atoms with Crippen molar-refractivity contribution in [2.24, 2.45) is 0 Å². The molecular weight excluding hydrogens is 288 g/mol. The van der Waals surface area contributed by atoms with Gasteiger partial charge in [-0.2, -0.15) is 5.26 Å². The average molecular weight is 314 g/mol. The first-order valence-electron chi connectivity index (χ1n) is 7.76. The Bertz CT molecular complexity index is 612. The van der Waals surface area contributed by atoms with Gasteiger partial charge < -0.3 is 15.5 Å². The maximum absolute atomic E-state index is 12.3. The molecule has 0 unspecified atom stereocenters. The van der Waals surface area contributed by atoms with Crippen molar-refractivity contribution in [3.63, 3.8) is 0 Å². The molecule has 0 bridgehead atoms. The van der Waals surface area contributed by atoms with Crippen LogP contribution in [-0.2, 0) is 4.79 Å². The number of carbonyl (C=O) groups is 1. The molecule has 1 aromatic rings. The van der Waals surface area contributed by atoms with Crippen molar-refractivity contribution >= 4 is 11.6 Å². The summed E-state index contributed by atoms with van der Waals surface area (Å²) in [5, 5.41) is 15.1. The van der Waals surface area contributed by atoms with Crippen molar-refractivity contribution in [1.82, 2.24) is 10.2 Å². The van der Waals surface area contributed by atoms with Gasteiger partial charge in [0.15, 0.2) is 0 Å². The summed E-state index contributed by atoms with van der Waals surface area (Å²) in [4.78, 5) is 14.4. The molecule has 0 atom stereocenters. The summed E-state index contributed by atoms with van der Waals surface area (Å²) in [7, 11) is 3.93. The Hall–Kier alpha value is -2.32. The van der Waals surface area contributed by atoms with Crippen LogP contribution in [0.2, 0.25) is 0 Å². The van der Waals surface area contributed by atoms with Gasteiger partial charge in [0.25, 0.3) is 5.91 Å². The lowest BCUT2D eigenvalue weighted by Gasteiger charge is -2.16. The van der Waals surface area contributed by atoms with Crippen molar-refractivity contribution in [1.29, 1.82) is 5.26 Å². The van der Waals surface area contributed by atoms with Crippen molar-refractivity contribution in [2.75, 3.05) is 32.5 Å². The summed E-state index contributed by atoms with van der Waals surface area (Å²) >= 11 is 0. The molecule has 0 aromatic heterocycles. The summed E-state index contributed by atoms with van der Waals surface area (Å²) in [6.07, 6.45) is 1.48. The highest BCUT2D eigenvalue weighted by molar-refractivity contribution is 6.07. The maximum atomic E-state index is 12.3. The van der Waals surface area contributed by atoms with Crippen LogP contribution in [-0.4, -0.2) is 38.0 Å². The first-order valence-corrected chi connectivity index (χ1v) is 7.76. The smallest absolute Gasteiger partial charge is 0.267 e. The van der Waals surface area contributed by atoms with Crippen LogP contribution in [0.25, 0.3) is 0 Å². The molecule has 5 nitrogen and oxygen atoms in total. The monoisotopic (exact) mass is 314 g/mol. The van der Waals surface area contributed by atoms with E-state index in [0.717, 1.165) is 23.4 Å². The van der Waals surface area contributed by atoms with E-state index in [4.69, 9.17) is 0 Å². The number of rotatable bonds is 7. The number of hydrogen-bond donors (Lipinski definition) is 2. The fraction of sp³-hybridized carbons (Fsp3) is 0.444. The predicted octanol–water partition coefficient (Wildman–Crippen LogP) is 2.62. The summed E-state index contributed by atoms with van der Waals surface area (Å²) in [5.41, 5.74) is 2.92. The minimum atomic E-state index is -0.388. The molecule has 1 rings (SSSR count). The van der Waals surface area contributed by atoms with Crippen molar-refractivity contribution < 1.29 is 4.79 Å². The molecule has 0 fully saturated rings. The number of carbonyl (C=O) groups excluding carboxylic acids is 1. The highest BCUT2D eigenvalue weighted by atomic mass is 16.1. The van der Waals surface area contributed by atoms with Crippen LogP contribution in [0.3, 0.4) is 0 Å². The molecule has 0 heterocycles. The lowest BCUT2D eigenvalue weighted by molar-refractivity contribution is -0.112. The lowest BCUT2D eigenvalue weighted by atomic mass is 9.98. The zero-order valence-corrected chi connectivity index (χ0v) is 14.6. The van der Waals surface area contributed by atoms with Crippen molar-refractivity contribution in [3.05, 3.63) is 41.1 Å². The lowest BCUT2D eigenvalue weighted by Crippen LogP contribution is -2.25.